The molecular formula is C13H13NO2. The molecule has 0 saturated carbocycles. The highest BCUT2D eigenvalue weighted by Gasteiger charge is 2.16. The molecule has 0 radical (unpaired) electrons. The van der Waals surface area contributed by atoms with Gasteiger partial charge < -0.3 is 10.2 Å². The monoisotopic (exact) mass is 215 g/mol. The fourth-order valence-corrected chi connectivity index (χ4v) is 1.60. The summed E-state index contributed by atoms with van der Waals surface area (Å²) in [4.78, 5) is 4.06. The number of aliphatic hydroxyl groups is 1. The first-order valence-electron chi connectivity index (χ1n) is 5.07. The second kappa shape index (κ2) is 4.33. The molecule has 2 aromatic rings. The first-order chi connectivity index (χ1) is 7.70. The Morgan fingerprint density at radius 2 is 1.94 bits per heavy atom. The number of nitrogens with zero attached hydrogens (tertiary/aromatic N) is 1. The van der Waals surface area contributed by atoms with Crippen molar-refractivity contribution >= 4 is 0 Å². The molecule has 1 aromatic carbocycles. The lowest BCUT2D eigenvalue weighted by atomic mass is 10.0. The third-order valence-corrected chi connectivity index (χ3v) is 2.53. The fourth-order valence-electron chi connectivity index (χ4n) is 1.60. The van der Waals surface area contributed by atoms with Crippen LogP contribution in [0.15, 0.2) is 42.6 Å². The molecule has 16 heavy (non-hydrogen) atoms. The molecular weight excluding hydrogens is 202 g/mol. The smallest absolute Gasteiger partial charge is 0.125 e. The summed E-state index contributed by atoms with van der Waals surface area (Å²) < 4.78 is 0. The predicted molar refractivity (Wildman–Crippen MR) is 61.1 cm³/mol. The zero-order valence-electron chi connectivity index (χ0n) is 8.96. The molecule has 3 heteroatoms. The molecule has 0 aliphatic carbocycles. The van der Waals surface area contributed by atoms with Gasteiger partial charge >= 0.3 is 0 Å². The molecule has 0 spiro atoms. The van der Waals surface area contributed by atoms with Crippen LogP contribution in [-0.4, -0.2) is 15.2 Å². The highest BCUT2D eigenvalue weighted by molar-refractivity contribution is 5.43. The Morgan fingerprint density at radius 3 is 2.62 bits per heavy atom. The van der Waals surface area contributed by atoms with Gasteiger partial charge in [-0.05, 0) is 24.6 Å². The number of para-hydroxylation sites is 1. The molecule has 0 amide bonds. The Morgan fingerprint density at radius 1 is 1.12 bits per heavy atom. The third kappa shape index (κ3) is 1.90. The number of benzene rings is 1. The molecule has 0 unspecified atom stereocenters. The van der Waals surface area contributed by atoms with Gasteiger partial charge in [0.2, 0.25) is 0 Å². The lowest BCUT2D eigenvalue weighted by Crippen LogP contribution is -2.02. The Hall–Kier alpha value is -1.87. The van der Waals surface area contributed by atoms with Gasteiger partial charge in [-0.3, -0.25) is 4.98 Å². The van der Waals surface area contributed by atoms with Crippen LogP contribution < -0.4 is 0 Å². The van der Waals surface area contributed by atoms with Crippen molar-refractivity contribution < 1.29 is 10.2 Å². The lowest BCUT2D eigenvalue weighted by molar-refractivity contribution is 0.210. The van der Waals surface area contributed by atoms with Crippen molar-refractivity contribution in [3.8, 4) is 5.75 Å². The number of aryl methyl sites for hydroxylation is 1. The van der Waals surface area contributed by atoms with Crippen LogP contribution in [0.4, 0.5) is 0 Å². The van der Waals surface area contributed by atoms with Crippen molar-refractivity contribution in [1.82, 2.24) is 4.98 Å². The largest absolute Gasteiger partial charge is 0.507 e. The van der Waals surface area contributed by atoms with E-state index in [0.717, 1.165) is 5.56 Å². The minimum atomic E-state index is -0.888. The van der Waals surface area contributed by atoms with Crippen molar-refractivity contribution in [2.45, 2.75) is 13.0 Å². The number of hydrogen-bond acceptors (Lipinski definition) is 3. The van der Waals surface area contributed by atoms with Crippen LogP contribution >= 0.6 is 0 Å². The second-order valence-electron chi connectivity index (χ2n) is 3.67. The minimum Gasteiger partial charge on any atom is -0.507 e. The number of aromatic hydroxyl groups is 1. The standard InChI is InChI=1S/C13H13NO2/c1-9-5-4-6-10(12(9)15)13(16)11-7-2-3-8-14-11/h2-8,13,15-16H,1H3/t13-/m1/s1. The summed E-state index contributed by atoms with van der Waals surface area (Å²) >= 11 is 0. The zero-order valence-corrected chi connectivity index (χ0v) is 8.96. The molecule has 2 N–H and O–H groups in total. The van der Waals surface area contributed by atoms with Crippen molar-refractivity contribution in [1.29, 1.82) is 0 Å². The number of aromatic nitrogens is 1. The van der Waals surface area contributed by atoms with Crippen LogP contribution in [-0.2, 0) is 0 Å². The van der Waals surface area contributed by atoms with Crippen LogP contribution in [0.1, 0.15) is 22.9 Å². The number of pyridine rings is 1. The number of phenolic OH excluding ortho intramolecular Hbond substituents is 1. The topological polar surface area (TPSA) is 53.4 Å². The molecule has 0 bridgehead atoms. The molecule has 82 valence electrons. The Bertz CT molecular complexity index is 483. The Kier molecular flexibility index (Phi) is 2.88. The molecule has 1 aromatic heterocycles. The number of rotatable bonds is 2. The van der Waals surface area contributed by atoms with E-state index in [1.807, 2.05) is 0 Å². The van der Waals surface area contributed by atoms with Gasteiger partial charge in [-0.15, -0.1) is 0 Å². The highest BCUT2D eigenvalue weighted by atomic mass is 16.3. The molecule has 1 atom stereocenters. The predicted octanol–water partition coefficient (Wildman–Crippen LogP) is 2.18. The molecule has 0 aliphatic heterocycles. The van der Waals surface area contributed by atoms with E-state index in [9.17, 15) is 10.2 Å². The summed E-state index contributed by atoms with van der Waals surface area (Å²) in [6.45, 7) is 1.80. The van der Waals surface area contributed by atoms with Crippen LogP contribution in [0, 0.1) is 6.92 Å². The molecule has 2 rings (SSSR count). The summed E-state index contributed by atoms with van der Waals surface area (Å²) in [5, 5.41) is 19.9. The normalized spacial score (nSPS) is 12.4. The van der Waals surface area contributed by atoms with Gasteiger partial charge in [0.25, 0.3) is 0 Å². The van der Waals surface area contributed by atoms with E-state index in [4.69, 9.17) is 0 Å². The average molecular weight is 215 g/mol. The quantitative estimate of drug-likeness (QED) is 0.807. The van der Waals surface area contributed by atoms with E-state index in [0.29, 0.717) is 11.3 Å². The highest BCUT2D eigenvalue weighted by Crippen LogP contribution is 2.30. The molecule has 0 aliphatic rings. The van der Waals surface area contributed by atoms with E-state index >= 15 is 0 Å². The van der Waals surface area contributed by atoms with Gasteiger partial charge in [0.05, 0.1) is 5.69 Å². The maximum atomic E-state index is 10.1. The Balaban J connectivity index is 2.42. The summed E-state index contributed by atoms with van der Waals surface area (Å²) in [6, 6.07) is 10.6. The molecule has 0 saturated heterocycles. The first-order valence-corrected chi connectivity index (χ1v) is 5.07. The lowest BCUT2D eigenvalue weighted by Gasteiger charge is -2.13. The van der Waals surface area contributed by atoms with Crippen molar-refractivity contribution in [3.63, 3.8) is 0 Å². The SMILES string of the molecule is Cc1cccc([C@@H](O)c2ccccn2)c1O. The van der Waals surface area contributed by atoms with Crippen molar-refractivity contribution in [2.75, 3.05) is 0 Å². The third-order valence-electron chi connectivity index (χ3n) is 2.53. The summed E-state index contributed by atoms with van der Waals surface area (Å²) in [6.07, 6.45) is 0.729. The minimum absolute atomic E-state index is 0.126. The second-order valence-corrected chi connectivity index (χ2v) is 3.67. The van der Waals surface area contributed by atoms with Crippen molar-refractivity contribution in [2.24, 2.45) is 0 Å². The Labute approximate surface area is 94.0 Å². The van der Waals surface area contributed by atoms with E-state index in [-0.39, 0.29) is 5.75 Å². The van der Waals surface area contributed by atoms with Crippen LogP contribution in [0.2, 0.25) is 0 Å². The average Bonchev–Trinajstić information content (AvgIpc) is 2.33. The maximum absolute atomic E-state index is 10.1. The van der Waals surface area contributed by atoms with Crippen LogP contribution in [0.25, 0.3) is 0 Å². The number of aliphatic hydroxyl groups excluding tert-OH is 1. The molecule has 3 nitrogen and oxygen atoms in total. The van der Waals surface area contributed by atoms with Gasteiger partial charge in [-0.1, -0.05) is 24.3 Å². The van der Waals surface area contributed by atoms with E-state index in [1.54, 1.807) is 49.5 Å². The summed E-state index contributed by atoms with van der Waals surface area (Å²) in [7, 11) is 0. The first kappa shape index (κ1) is 10.6. The van der Waals surface area contributed by atoms with Crippen LogP contribution in [0.5, 0.6) is 5.75 Å². The number of phenols is 1. The van der Waals surface area contributed by atoms with E-state index < -0.39 is 6.10 Å². The maximum Gasteiger partial charge on any atom is 0.125 e. The zero-order chi connectivity index (χ0) is 11.5. The summed E-state index contributed by atoms with van der Waals surface area (Å²) in [5.41, 5.74) is 1.76. The van der Waals surface area contributed by atoms with Gasteiger partial charge in [0, 0.05) is 11.8 Å². The fraction of sp³-hybridized carbons (Fsp3) is 0.154. The number of hydrogen-bond donors (Lipinski definition) is 2. The van der Waals surface area contributed by atoms with Gasteiger partial charge in [-0.25, -0.2) is 0 Å². The van der Waals surface area contributed by atoms with Gasteiger partial charge in [-0.2, -0.15) is 0 Å². The van der Waals surface area contributed by atoms with E-state index in [2.05, 4.69) is 4.98 Å². The molecule has 0 fully saturated rings. The van der Waals surface area contributed by atoms with Gasteiger partial charge in [0.15, 0.2) is 0 Å². The summed E-state index contributed by atoms with van der Waals surface area (Å²) in [5.74, 6) is 0.126. The molecule has 1 heterocycles. The van der Waals surface area contributed by atoms with Crippen LogP contribution in [0.3, 0.4) is 0 Å². The van der Waals surface area contributed by atoms with Crippen molar-refractivity contribution in [3.05, 3.63) is 59.4 Å². The van der Waals surface area contributed by atoms with Gasteiger partial charge in [0.1, 0.15) is 11.9 Å². The van der Waals surface area contributed by atoms with E-state index in [1.165, 1.54) is 0 Å².